The van der Waals surface area contributed by atoms with E-state index in [4.69, 9.17) is 11.8 Å². The lowest BCUT2D eigenvalue weighted by molar-refractivity contribution is -0.384. The molecule has 1 aromatic rings. The fraction of sp³-hybridized carbons (Fsp3) is 0. The van der Waals surface area contributed by atoms with Gasteiger partial charge in [0.05, 0.1) is 11.0 Å². The number of nitrogens with zero attached hydrogens (tertiary/aromatic N) is 1. The van der Waals surface area contributed by atoms with Crippen LogP contribution >= 0.6 is 11.8 Å². The number of nitro benzene ring substituents is 1. The largest absolute Gasteiger partial charge is 0.296 e. The molecule has 1 N–H and O–H groups in total. The summed E-state index contributed by atoms with van der Waals surface area (Å²) in [6.07, 6.45) is 0. The first-order valence-corrected chi connectivity index (χ1v) is 3.44. The molecule has 4 nitrogen and oxygen atoms in total. The van der Waals surface area contributed by atoms with E-state index in [1.165, 1.54) is 0 Å². The van der Waals surface area contributed by atoms with E-state index in [0.29, 0.717) is 12.1 Å². The van der Waals surface area contributed by atoms with E-state index < -0.39 is 22.2 Å². The highest BCUT2D eigenvalue weighted by Crippen LogP contribution is 2.27. The third-order valence-electron chi connectivity index (χ3n) is 1.34. The van der Waals surface area contributed by atoms with Gasteiger partial charge in [-0.2, -0.15) is 0 Å². The van der Waals surface area contributed by atoms with Crippen LogP contribution in [0.5, 0.6) is 0 Å². The SMILES string of the molecule is O=[N+]([O-])c1cc(F)c(F)cc1NCl. The summed E-state index contributed by atoms with van der Waals surface area (Å²) in [7, 11) is 0. The average molecular weight is 209 g/mol. The lowest BCUT2D eigenvalue weighted by atomic mass is 10.2. The number of halogens is 3. The van der Waals surface area contributed by atoms with Crippen LogP contribution in [-0.2, 0) is 0 Å². The molecule has 1 rings (SSSR count). The second-order valence-corrected chi connectivity index (χ2v) is 2.32. The Hall–Kier alpha value is -1.43. The summed E-state index contributed by atoms with van der Waals surface area (Å²) in [6, 6.07) is 1.07. The zero-order valence-corrected chi connectivity index (χ0v) is 6.81. The van der Waals surface area contributed by atoms with Crippen LogP contribution in [0.1, 0.15) is 0 Å². The van der Waals surface area contributed by atoms with Crippen molar-refractivity contribution in [2.75, 3.05) is 4.84 Å². The van der Waals surface area contributed by atoms with E-state index in [9.17, 15) is 18.9 Å². The first-order valence-electron chi connectivity index (χ1n) is 3.06. The Bertz CT molecular complexity index is 359. The van der Waals surface area contributed by atoms with Gasteiger partial charge in [-0.05, 0) is 0 Å². The maximum atomic E-state index is 12.5. The van der Waals surface area contributed by atoms with Crippen LogP contribution in [0.15, 0.2) is 12.1 Å². The molecule has 0 heterocycles. The zero-order chi connectivity index (χ0) is 10.0. The van der Waals surface area contributed by atoms with Crippen molar-refractivity contribution in [3.8, 4) is 0 Å². The molecule has 0 aromatic heterocycles. The third-order valence-corrected chi connectivity index (χ3v) is 1.54. The van der Waals surface area contributed by atoms with E-state index >= 15 is 0 Å². The molecule has 70 valence electrons. The van der Waals surface area contributed by atoms with Gasteiger partial charge in [0, 0.05) is 17.8 Å². The predicted molar refractivity (Wildman–Crippen MR) is 42.5 cm³/mol. The van der Waals surface area contributed by atoms with E-state index in [1.807, 2.05) is 4.84 Å². The summed E-state index contributed by atoms with van der Waals surface area (Å²) in [4.78, 5) is 11.3. The Kier molecular flexibility index (Phi) is 2.62. The number of hydrogen-bond acceptors (Lipinski definition) is 3. The van der Waals surface area contributed by atoms with Crippen LogP contribution in [0.3, 0.4) is 0 Å². The monoisotopic (exact) mass is 208 g/mol. The van der Waals surface area contributed by atoms with Crippen molar-refractivity contribution in [2.24, 2.45) is 0 Å². The van der Waals surface area contributed by atoms with Crippen molar-refractivity contribution in [3.05, 3.63) is 33.9 Å². The van der Waals surface area contributed by atoms with Gasteiger partial charge in [0.25, 0.3) is 5.69 Å². The van der Waals surface area contributed by atoms with Crippen LogP contribution in [0, 0.1) is 21.7 Å². The molecule has 0 bridgehead atoms. The van der Waals surface area contributed by atoms with Crippen molar-refractivity contribution < 1.29 is 13.7 Å². The van der Waals surface area contributed by atoms with Gasteiger partial charge >= 0.3 is 0 Å². The highest BCUT2D eigenvalue weighted by atomic mass is 35.5. The van der Waals surface area contributed by atoms with Gasteiger partial charge in [-0.25, -0.2) is 8.78 Å². The molecule has 13 heavy (non-hydrogen) atoms. The van der Waals surface area contributed by atoms with Gasteiger partial charge in [-0.15, -0.1) is 0 Å². The molecule has 0 fully saturated rings. The van der Waals surface area contributed by atoms with Gasteiger partial charge in [0.1, 0.15) is 5.69 Å². The fourth-order valence-corrected chi connectivity index (χ4v) is 0.914. The van der Waals surface area contributed by atoms with Gasteiger partial charge in [-0.1, -0.05) is 0 Å². The first kappa shape index (κ1) is 9.66. The molecule has 0 aliphatic carbocycles. The molecule has 0 aliphatic rings. The number of nitrogens with one attached hydrogen (secondary N) is 1. The highest BCUT2D eigenvalue weighted by molar-refractivity contribution is 6.24. The van der Waals surface area contributed by atoms with Gasteiger partial charge < -0.3 is 0 Å². The Labute approximate surface area is 76.4 Å². The molecule has 0 radical (unpaired) electrons. The lowest BCUT2D eigenvalue weighted by Crippen LogP contribution is -1.96. The Morgan fingerprint density at radius 1 is 1.38 bits per heavy atom. The van der Waals surface area contributed by atoms with Crippen LogP contribution in [-0.4, -0.2) is 4.92 Å². The van der Waals surface area contributed by atoms with Crippen LogP contribution in [0.2, 0.25) is 0 Å². The fourth-order valence-electron chi connectivity index (χ4n) is 0.763. The summed E-state index contributed by atoms with van der Waals surface area (Å²) in [5, 5.41) is 10.3. The van der Waals surface area contributed by atoms with Crippen molar-refractivity contribution in [1.29, 1.82) is 0 Å². The lowest BCUT2D eigenvalue weighted by Gasteiger charge is -2.00. The van der Waals surface area contributed by atoms with Crippen LogP contribution in [0.25, 0.3) is 0 Å². The standard InChI is InChI=1S/C6H3ClF2N2O2/c7-10-5-1-3(8)4(9)2-6(5)11(12)13/h1-2,10H. The highest BCUT2D eigenvalue weighted by Gasteiger charge is 2.17. The summed E-state index contributed by atoms with van der Waals surface area (Å²) in [5.74, 6) is -2.49. The zero-order valence-electron chi connectivity index (χ0n) is 6.05. The molecule has 7 heteroatoms. The minimum Gasteiger partial charge on any atom is -0.292 e. The van der Waals surface area contributed by atoms with Crippen LogP contribution in [0.4, 0.5) is 20.2 Å². The van der Waals surface area contributed by atoms with E-state index in [0.717, 1.165) is 0 Å². The molecule has 0 atom stereocenters. The molecular weight excluding hydrogens is 206 g/mol. The molecular formula is C6H3ClF2N2O2. The van der Waals surface area contributed by atoms with Crippen molar-refractivity contribution >= 4 is 23.2 Å². The van der Waals surface area contributed by atoms with Gasteiger partial charge in [0.15, 0.2) is 11.6 Å². The third kappa shape index (κ3) is 1.83. The van der Waals surface area contributed by atoms with Crippen molar-refractivity contribution in [3.63, 3.8) is 0 Å². The predicted octanol–water partition coefficient (Wildman–Crippen LogP) is 2.44. The smallest absolute Gasteiger partial charge is 0.292 e. The van der Waals surface area contributed by atoms with Crippen LogP contribution < -0.4 is 4.84 Å². The summed E-state index contributed by atoms with van der Waals surface area (Å²) >= 11 is 5.06. The number of rotatable bonds is 2. The first-order chi connectivity index (χ1) is 6.06. The summed E-state index contributed by atoms with van der Waals surface area (Å²) in [6.45, 7) is 0. The molecule has 0 amide bonds. The molecule has 0 aliphatic heterocycles. The van der Waals surface area contributed by atoms with Gasteiger partial charge in [0.2, 0.25) is 0 Å². The van der Waals surface area contributed by atoms with E-state index in [2.05, 4.69) is 0 Å². The number of nitro groups is 1. The molecule has 0 unspecified atom stereocenters. The topological polar surface area (TPSA) is 55.2 Å². The normalized spacial score (nSPS) is 9.77. The van der Waals surface area contributed by atoms with E-state index in [1.54, 1.807) is 0 Å². The molecule has 1 aromatic carbocycles. The minimum absolute atomic E-state index is 0.287. The van der Waals surface area contributed by atoms with Crippen molar-refractivity contribution in [1.82, 2.24) is 0 Å². The summed E-state index contributed by atoms with van der Waals surface area (Å²) in [5.41, 5.74) is -0.903. The molecule has 0 saturated carbocycles. The Balaban J connectivity index is 3.33. The van der Waals surface area contributed by atoms with E-state index in [-0.39, 0.29) is 5.69 Å². The minimum atomic E-state index is -1.29. The second kappa shape index (κ2) is 3.53. The average Bonchev–Trinajstić information content (AvgIpc) is 2.08. The maximum Gasteiger partial charge on any atom is 0.296 e. The summed E-state index contributed by atoms with van der Waals surface area (Å²) < 4.78 is 25.0. The Morgan fingerprint density at radius 3 is 2.38 bits per heavy atom. The number of benzene rings is 1. The van der Waals surface area contributed by atoms with Gasteiger partial charge in [-0.3, -0.25) is 15.0 Å². The van der Waals surface area contributed by atoms with Crippen molar-refractivity contribution in [2.45, 2.75) is 0 Å². The molecule has 0 spiro atoms. The second-order valence-electron chi connectivity index (χ2n) is 2.14. The number of hydrogen-bond donors (Lipinski definition) is 1. The number of anilines is 1. The Morgan fingerprint density at radius 2 is 1.92 bits per heavy atom. The molecule has 0 saturated heterocycles. The maximum absolute atomic E-state index is 12.5. The quantitative estimate of drug-likeness (QED) is 0.461.